The number of benzene rings is 2. The predicted octanol–water partition coefficient (Wildman–Crippen LogP) is 4.11. The Kier molecular flexibility index (Phi) is 2.82. The number of H-pyrrole nitrogens is 3. The highest BCUT2D eigenvalue weighted by Crippen LogP contribution is 2.29. The number of imidazole rings is 3. The molecule has 0 amide bonds. The molecule has 3 N–H and O–H groups in total. The first kappa shape index (κ1) is 14.0. The molecule has 0 spiro atoms. The summed E-state index contributed by atoms with van der Waals surface area (Å²) in [4.78, 5) is 23.7. The van der Waals surface area contributed by atoms with E-state index in [9.17, 15) is 0 Å². The molecule has 3 aromatic heterocycles. The molecule has 6 nitrogen and oxygen atoms in total. The number of para-hydroxylation sites is 2. The third-order valence-corrected chi connectivity index (χ3v) is 4.59. The molecule has 2 aromatic carbocycles. The van der Waals surface area contributed by atoms with Crippen molar-refractivity contribution < 1.29 is 0 Å². The lowest BCUT2D eigenvalue weighted by molar-refractivity contribution is 1.26. The van der Waals surface area contributed by atoms with Crippen LogP contribution >= 0.6 is 0 Å². The van der Waals surface area contributed by atoms with E-state index in [-0.39, 0.29) is 0 Å². The van der Waals surface area contributed by atoms with E-state index >= 15 is 0 Å². The van der Waals surface area contributed by atoms with Crippen LogP contribution in [0.2, 0.25) is 0 Å². The summed E-state index contributed by atoms with van der Waals surface area (Å²) in [5, 5.41) is 0. The highest BCUT2D eigenvalue weighted by atomic mass is 15.0. The van der Waals surface area contributed by atoms with Crippen LogP contribution in [-0.2, 0) is 0 Å². The summed E-state index contributed by atoms with van der Waals surface area (Å²) in [5.41, 5.74) is 7.91. The molecule has 0 aliphatic heterocycles. The molecular weight excluding hydrogens is 312 g/mol. The van der Waals surface area contributed by atoms with Gasteiger partial charge in [-0.2, -0.15) is 0 Å². The van der Waals surface area contributed by atoms with Gasteiger partial charge in [0.15, 0.2) is 11.6 Å². The molecule has 0 bridgehead atoms. The number of nitrogens with zero attached hydrogens (tertiary/aromatic N) is 3. The van der Waals surface area contributed by atoms with Crippen LogP contribution in [0.1, 0.15) is 11.1 Å². The van der Waals surface area contributed by atoms with Gasteiger partial charge in [0.2, 0.25) is 0 Å². The van der Waals surface area contributed by atoms with Crippen LogP contribution in [-0.4, -0.2) is 29.9 Å². The third-order valence-electron chi connectivity index (χ3n) is 4.59. The second kappa shape index (κ2) is 5.04. The molecule has 0 atom stereocenters. The molecule has 122 valence electrons. The van der Waals surface area contributed by atoms with Crippen molar-refractivity contribution in [1.82, 2.24) is 29.9 Å². The SMILES string of the molecule is Cc1cc2nc(-c3nc[nH]c3-c3nc4ccccc4[nH]3)[nH]c2cc1C. The van der Waals surface area contributed by atoms with E-state index in [0.717, 1.165) is 45.1 Å². The molecule has 5 aromatic rings. The number of fused-ring (bicyclic) bond motifs is 2. The van der Waals surface area contributed by atoms with E-state index < -0.39 is 0 Å². The van der Waals surface area contributed by atoms with Crippen molar-refractivity contribution in [3.05, 3.63) is 53.9 Å². The zero-order valence-electron chi connectivity index (χ0n) is 13.9. The first-order valence-electron chi connectivity index (χ1n) is 8.15. The van der Waals surface area contributed by atoms with Crippen molar-refractivity contribution >= 4 is 22.1 Å². The second-order valence-corrected chi connectivity index (χ2v) is 6.27. The fraction of sp³-hybridized carbons (Fsp3) is 0.105. The molecule has 0 saturated heterocycles. The molecule has 3 heterocycles. The normalized spacial score (nSPS) is 11.6. The summed E-state index contributed by atoms with van der Waals surface area (Å²) in [6, 6.07) is 12.2. The number of aromatic amines is 3. The maximum atomic E-state index is 4.72. The molecule has 25 heavy (non-hydrogen) atoms. The standard InChI is InChI=1S/C19H16N6/c1-10-7-14-15(8-11(10)2)25-19(24-14)17-16(20-9-21-17)18-22-12-5-3-4-6-13(12)23-18/h3-9H,1-2H3,(H,20,21)(H,22,23)(H,24,25). The number of hydrogen-bond donors (Lipinski definition) is 3. The second-order valence-electron chi connectivity index (χ2n) is 6.27. The molecule has 0 saturated carbocycles. The van der Waals surface area contributed by atoms with Crippen LogP contribution in [0.25, 0.3) is 45.1 Å². The van der Waals surface area contributed by atoms with E-state index in [4.69, 9.17) is 4.98 Å². The van der Waals surface area contributed by atoms with Crippen LogP contribution in [0.5, 0.6) is 0 Å². The highest BCUT2D eigenvalue weighted by Gasteiger charge is 2.17. The van der Waals surface area contributed by atoms with Crippen molar-refractivity contribution in [3.8, 4) is 23.0 Å². The molecule has 0 radical (unpaired) electrons. The average Bonchev–Trinajstić information content (AvgIpc) is 3.31. The van der Waals surface area contributed by atoms with E-state index in [0.29, 0.717) is 0 Å². The Bertz CT molecular complexity index is 1150. The molecular formula is C19H16N6. The Morgan fingerprint density at radius 1 is 0.800 bits per heavy atom. The number of nitrogens with one attached hydrogen (secondary N) is 3. The summed E-state index contributed by atoms with van der Waals surface area (Å²) in [6.07, 6.45) is 1.67. The van der Waals surface area contributed by atoms with Gasteiger partial charge in [-0.25, -0.2) is 15.0 Å². The van der Waals surface area contributed by atoms with Crippen molar-refractivity contribution in [2.75, 3.05) is 0 Å². The van der Waals surface area contributed by atoms with Crippen LogP contribution in [0.4, 0.5) is 0 Å². The molecule has 5 rings (SSSR count). The van der Waals surface area contributed by atoms with E-state index in [1.807, 2.05) is 24.3 Å². The van der Waals surface area contributed by atoms with Crippen molar-refractivity contribution in [2.24, 2.45) is 0 Å². The van der Waals surface area contributed by atoms with Crippen molar-refractivity contribution in [2.45, 2.75) is 13.8 Å². The monoisotopic (exact) mass is 328 g/mol. The van der Waals surface area contributed by atoms with E-state index in [1.165, 1.54) is 11.1 Å². The smallest absolute Gasteiger partial charge is 0.159 e. The maximum absolute atomic E-state index is 4.72. The van der Waals surface area contributed by atoms with Crippen molar-refractivity contribution in [1.29, 1.82) is 0 Å². The van der Waals surface area contributed by atoms with Crippen LogP contribution in [0.3, 0.4) is 0 Å². The minimum Gasteiger partial charge on any atom is -0.341 e. The van der Waals surface area contributed by atoms with Gasteiger partial charge < -0.3 is 15.0 Å². The highest BCUT2D eigenvalue weighted by molar-refractivity contribution is 5.85. The summed E-state index contributed by atoms with van der Waals surface area (Å²) >= 11 is 0. The molecule has 6 heteroatoms. The summed E-state index contributed by atoms with van der Waals surface area (Å²) in [6.45, 7) is 4.20. The zero-order chi connectivity index (χ0) is 17.0. The largest absolute Gasteiger partial charge is 0.341 e. The molecule has 0 aliphatic rings. The lowest BCUT2D eigenvalue weighted by Gasteiger charge is -1.97. The maximum Gasteiger partial charge on any atom is 0.159 e. The van der Waals surface area contributed by atoms with E-state index in [1.54, 1.807) is 6.33 Å². The zero-order valence-corrected chi connectivity index (χ0v) is 13.9. The van der Waals surface area contributed by atoms with Gasteiger partial charge in [-0.3, -0.25) is 0 Å². The Morgan fingerprint density at radius 3 is 2.44 bits per heavy atom. The quantitative estimate of drug-likeness (QED) is 0.456. The lowest BCUT2D eigenvalue weighted by atomic mass is 10.1. The minimum absolute atomic E-state index is 0.733. The number of rotatable bonds is 2. The number of aromatic nitrogens is 6. The molecule has 0 fully saturated rings. The van der Waals surface area contributed by atoms with Crippen LogP contribution in [0, 0.1) is 13.8 Å². The van der Waals surface area contributed by atoms with Gasteiger partial charge in [0.25, 0.3) is 0 Å². The Labute approximate surface area is 143 Å². The number of aryl methyl sites for hydroxylation is 2. The van der Waals surface area contributed by atoms with Gasteiger partial charge in [0.1, 0.15) is 11.4 Å². The van der Waals surface area contributed by atoms with Gasteiger partial charge in [0, 0.05) is 0 Å². The Hall–Kier alpha value is -3.41. The van der Waals surface area contributed by atoms with Gasteiger partial charge in [0.05, 0.1) is 28.4 Å². The topological polar surface area (TPSA) is 86.0 Å². The van der Waals surface area contributed by atoms with Crippen LogP contribution < -0.4 is 0 Å². The molecule has 0 aliphatic carbocycles. The fourth-order valence-electron chi connectivity index (χ4n) is 3.11. The van der Waals surface area contributed by atoms with Gasteiger partial charge in [-0.05, 0) is 49.2 Å². The van der Waals surface area contributed by atoms with Gasteiger partial charge in [-0.15, -0.1) is 0 Å². The minimum atomic E-state index is 0.733. The summed E-state index contributed by atoms with van der Waals surface area (Å²) in [7, 11) is 0. The molecule has 0 unspecified atom stereocenters. The number of hydrogen-bond acceptors (Lipinski definition) is 3. The average molecular weight is 328 g/mol. The summed E-state index contributed by atoms with van der Waals surface area (Å²) < 4.78 is 0. The summed E-state index contributed by atoms with van der Waals surface area (Å²) in [5.74, 6) is 1.48. The first-order chi connectivity index (χ1) is 12.2. The Morgan fingerprint density at radius 2 is 1.56 bits per heavy atom. The lowest BCUT2D eigenvalue weighted by Crippen LogP contribution is -1.87. The third kappa shape index (κ3) is 2.15. The predicted molar refractivity (Wildman–Crippen MR) is 98.2 cm³/mol. The van der Waals surface area contributed by atoms with E-state index in [2.05, 4.69) is 50.9 Å². The fourth-order valence-corrected chi connectivity index (χ4v) is 3.11. The Balaban J connectivity index is 1.67. The van der Waals surface area contributed by atoms with Gasteiger partial charge >= 0.3 is 0 Å². The van der Waals surface area contributed by atoms with Crippen molar-refractivity contribution in [3.63, 3.8) is 0 Å². The van der Waals surface area contributed by atoms with Gasteiger partial charge in [-0.1, -0.05) is 12.1 Å². The van der Waals surface area contributed by atoms with Crippen LogP contribution in [0.15, 0.2) is 42.7 Å². The first-order valence-corrected chi connectivity index (χ1v) is 8.15.